The van der Waals surface area contributed by atoms with Gasteiger partial charge in [0.25, 0.3) is 5.91 Å². The molecule has 0 aliphatic carbocycles. The number of anilines is 1. The highest BCUT2D eigenvalue weighted by molar-refractivity contribution is 7.80. The SMILES string of the molecule is COc1ccc(OC)c(NC(=S)NC(=O)c2ccc(C)cc2)c1. The Bertz CT molecular complexity index is 714. The van der Waals surface area contributed by atoms with Crippen LogP contribution >= 0.6 is 12.2 Å². The van der Waals surface area contributed by atoms with E-state index in [9.17, 15) is 4.79 Å². The molecule has 0 atom stereocenters. The zero-order valence-electron chi connectivity index (χ0n) is 13.2. The third-order valence-electron chi connectivity index (χ3n) is 3.20. The van der Waals surface area contributed by atoms with Gasteiger partial charge in [0.2, 0.25) is 0 Å². The second-order valence-corrected chi connectivity index (χ2v) is 5.25. The first kappa shape index (κ1) is 16.8. The van der Waals surface area contributed by atoms with E-state index in [1.54, 1.807) is 44.6 Å². The Labute approximate surface area is 140 Å². The average Bonchev–Trinajstić information content (AvgIpc) is 2.55. The summed E-state index contributed by atoms with van der Waals surface area (Å²) in [6, 6.07) is 12.5. The summed E-state index contributed by atoms with van der Waals surface area (Å²) in [7, 11) is 3.13. The van der Waals surface area contributed by atoms with Crippen LogP contribution in [0.3, 0.4) is 0 Å². The van der Waals surface area contributed by atoms with Gasteiger partial charge in [0.05, 0.1) is 19.9 Å². The number of hydrogen-bond acceptors (Lipinski definition) is 4. The minimum Gasteiger partial charge on any atom is -0.497 e. The molecule has 0 unspecified atom stereocenters. The minimum absolute atomic E-state index is 0.183. The lowest BCUT2D eigenvalue weighted by Crippen LogP contribution is -2.34. The van der Waals surface area contributed by atoms with Crippen LogP contribution in [-0.4, -0.2) is 25.2 Å². The maximum atomic E-state index is 12.1. The molecule has 0 heterocycles. The van der Waals surface area contributed by atoms with Crippen LogP contribution in [0.15, 0.2) is 42.5 Å². The van der Waals surface area contributed by atoms with Crippen LogP contribution in [0.2, 0.25) is 0 Å². The molecule has 0 aromatic heterocycles. The first-order chi connectivity index (χ1) is 11.0. The van der Waals surface area contributed by atoms with Crippen LogP contribution in [0.5, 0.6) is 11.5 Å². The fraction of sp³-hybridized carbons (Fsp3) is 0.176. The summed E-state index contributed by atoms with van der Waals surface area (Å²) in [6.45, 7) is 1.96. The van der Waals surface area contributed by atoms with Gasteiger partial charge in [0.1, 0.15) is 11.5 Å². The van der Waals surface area contributed by atoms with Crippen LogP contribution in [-0.2, 0) is 0 Å². The molecule has 120 valence electrons. The second kappa shape index (κ2) is 7.60. The molecular weight excluding hydrogens is 312 g/mol. The van der Waals surface area contributed by atoms with E-state index in [0.717, 1.165) is 5.56 Å². The number of rotatable bonds is 4. The van der Waals surface area contributed by atoms with Gasteiger partial charge in [-0.05, 0) is 43.4 Å². The van der Waals surface area contributed by atoms with Gasteiger partial charge >= 0.3 is 0 Å². The van der Waals surface area contributed by atoms with Crippen molar-refractivity contribution in [1.82, 2.24) is 5.32 Å². The molecule has 6 heteroatoms. The number of amides is 1. The summed E-state index contributed by atoms with van der Waals surface area (Å²) in [6.07, 6.45) is 0. The van der Waals surface area contributed by atoms with E-state index in [2.05, 4.69) is 10.6 Å². The van der Waals surface area contributed by atoms with Crippen molar-refractivity contribution in [2.75, 3.05) is 19.5 Å². The van der Waals surface area contributed by atoms with Crippen molar-refractivity contribution in [3.8, 4) is 11.5 Å². The van der Waals surface area contributed by atoms with Gasteiger partial charge in [-0.2, -0.15) is 0 Å². The number of ether oxygens (including phenoxy) is 2. The summed E-state index contributed by atoms with van der Waals surface area (Å²) in [5, 5.41) is 5.76. The molecule has 5 nitrogen and oxygen atoms in total. The Morgan fingerprint density at radius 2 is 1.74 bits per heavy atom. The fourth-order valence-corrected chi connectivity index (χ4v) is 2.15. The number of benzene rings is 2. The lowest BCUT2D eigenvalue weighted by Gasteiger charge is -2.14. The molecule has 0 bridgehead atoms. The number of carbonyl (C=O) groups excluding carboxylic acids is 1. The van der Waals surface area contributed by atoms with Gasteiger partial charge in [-0.1, -0.05) is 17.7 Å². The standard InChI is InChI=1S/C17H18N2O3S/c1-11-4-6-12(7-5-11)16(20)19-17(23)18-14-10-13(21-2)8-9-15(14)22-3/h4-10H,1-3H3,(H2,18,19,20,23). The number of carbonyl (C=O) groups is 1. The Morgan fingerprint density at radius 3 is 2.35 bits per heavy atom. The predicted molar refractivity (Wildman–Crippen MR) is 94.4 cm³/mol. The first-order valence-electron chi connectivity index (χ1n) is 6.94. The molecule has 0 aliphatic heterocycles. The van der Waals surface area contributed by atoms with Gasteiger partial charge in [0, 0.05) is 11.6 Å². The number of nitrogens with one attached hydrogen (secondary N) is 2. The quantitative estimate of drug-likeness (QED) is 0.844. The Morgan fingerprint density at radius 1 is 1.04 bits per heavy atom. The fourth-order valence-electron chi connectivity index (χ4n) is 1.95. The van der Waals surface area contributed by atoms with Gasteiger partial charge in [-0.3, -0.25) is 10.1 Å². The summed E-state index contributed by atoms with van der Waals surface area (Å²) < 4.78 is 10.4. The highest BCUT2D eigenvalue weighted by Crippen LogP contribution is 2.28. The van der Waals surface area contributed by atoms with Crippen molar-refractivity contribution >= 4 is 28.9 Å². The number of aryl methyl sites for hydroxylation is 1. The molecule has 2 N–H and O–H groups in total. The van der Waals surface area contributed by atoms with Crippen molar-refractivity contribution in [2.45, 2.75) is 6.92 Å². The monoisotopic (exact) mass is 330 g/mol. The average molecular weight is 330 g/mol. The molecule has 0 saturated heterocycles. The van der Waals surface area contributed by atoms with Gasteiger partial charge in [-0.15, -0.1) is 0 Å². The van der Waals surface area contributed by atoms with Crippen molar-refractivity contribution < 1.29 is 14.3 Å². The summed E-state index contributed by atoms with van der Waals surface area (Å²) in [4.78, 5) is 12.1. The molecule has 0 radical (unpaired) electrons. The number of methoxy groups -OCH3 is 2. The van der Waals surface area contributed by atoms with Crippen LogP contribution in [0, 0.1) is 6.92 Å². The lowest BCUT2D eigenvalue weighted by molar-refractivity contribution is 0.0977. The van der Waals surface area contributed by atoms with Gasteiger partial charge < -0.3 is 14.8 Å². The topological polar surface area (TPSA) is 59.6 Å². The lowest BCUT2D eigenvalue weighted by atomic mass is 10.1. The summed E-state index contributed by atoms with van der Waals surface area (Å²) in [5.41, 5.74) is 2.24. The van der Waals surface area contributed by atoms with E-state index >= 15 is 0 Å². The molecular formula is C17H18N2O3S. The molecule has 0 fully saturated rings. The largest absolute Gasteiger partial charge is 0.497 e. The van der Waals surface area contributed by atoms with E-state index in [-0.39, 0.29) is 11.0 Å². The van der Waals surface area contributed by atoms with Crippen LogP contribution in [0.1, 0.15) is 15.9 Å². The zero-order valence-corrected chi connectivity index (χ0v) is 14.0. The molecule has 2 aromatic carbocycles. The maximum absolute atomic E-state index is 12.1. The summed E-state index contributed by atoms with van der Waals surface area (Å²) >= 11 is 5.19. The highest BCUT2D eigenvalue weighted by atomic mass is 32.1. The van der Waals surface area contributed by atoms with Crippen LogP contribution < -0.4 is 20.1 Å². The van der Waals surface area contributed by atoms with Crippen molar-refractivity contribution in [3.63, 3.8) is 0 Å². The van der Waals surface area contributed by atoms with E-state index in [4.69, 9.17) is 21.7 Å². The third kappa shape index (κ3) is 4.43. The Kier molecular flexibility index (Phi) is 5.54. The van der Waals surface area contributed by atoms with Crippen LogP contribution in [0.4, 0.5) is 5.69 Å². The van der Waals surface area contributed by atoms with E-state index in [0.29, 0.717) is 22.7 Å². The van der Waals surface area contributed by atoms with Crippen molar-refractivity contribution in [3.05, 3.63) is 53.6 Å². The first-order valence-corrected chi connectivity index (χ1v) is 7.35. The minimum atomic E-state index is -0.274. The maximum Gasteiger partial charge on any atom is 0.257 e. The zero-order chi connectivity index (χ0) is 16.8. The van der Waals surface area contributed by atoms with Crippen LogP contribution in [0.25, 0.3) is 0 Å². The molecule has 0 aliphatic rings. The summed E-state index contributed by atoms with van der Waals surface area (Å²) in [5.74, 6) is 0.975. The number of hydrogen-bond donors (Lipinski definition) is 2. The molecule has 0 spiro atoms. The normalized spacial score (nSPS) is 9.87. The third-order valence-corrected chi connectivity index (χ3v) is 3.40. The molecule has 23 heavy (non-hydrogen) atoms. The molecule has 0 saturated carbocycles. The molecule has 2 aromatic rings. The van der Waals surface area contributed by atoms with E-state index in [1.807, 2.05) is 19.1 Å². The van der Waals surface area contributed by atoms with E-state index < -0.39 is 0 Å². The smallest absolute Gasteiger partial charge is 0.257 e. The predicted octanol–water partition coefficient (Wildman–Crippen LogP) is 3.14. The van der Waals surface area contributed by atoms with Crippen molar-refractivity contribution in [1.29, 1.82) is 0 Å². The Balaban J connectivity index is 2.07. The highest BCUT2D eigenvalue weighted by Gasteiger charge is 2.10. The molecule has 2 rings (SSSR count). The van der Waals surface area contributed by atoms with Crippen molar-refractivity contribution in [2.24, 2.45) is 0 Å². The van der Waals surface area contributed by atoms with E-state index in [1.165, 1.54) is 0 Å². The number of thiocarbonyl (C=S) groups is 1. The molecule has 1 amide bonds. The second-order valence-electron chi connectivity index (χ2n) is 4.84. The Hall–Kier alpha value is -2.60. The van der Waals surface area contributed by atoms with Gasteiger partial charge in [0.15, 0.2) is 5.11 Å². The van der Waals surface area contributed by atoms with Gasteiger partial charge in [-0.25, -0.2) is 0 Å².